The minimum atomic E-state index is -0.111. The lowest BCUT2D eigenvalue weighted by atomic mass is 10.2. The Morgan fingerprint density at radius 3 is 3.04 bits per heavy atom. The first-order valence-corrected chi connectivity index (χ1v) is 8.85. The standard InChI is InChI=1S/C17H15N7OS/c1-24-16(12-3-2-6-18-8-12)22-23-17(24)26-10-15(25)20-13-5-4-11-9-19-21-14(11)7-13/h2-9H,10H2,1H3,(H,19,21)(H,20,25). The quantitative estimate of drug-likeness (QED) is 0.527. The monoisotopic (exact) mass is 365 g/mol. The highest BCUT2D eigenvalue weighted by Crippen LogP contribution is 2.22. The summed E-state index contributed by atoms with van der Waals surface area (Å²) in [6.07, 6.45) is 5.18. The first-order valence-electron chi connectivity index (χ1n) is 7.86. The normalized spacial score (nSPS) is 11.0. The number of rotatable bonds is 5. The number of carbonyl (C=O) groups is 1. The Bertz CT molecular complexity index is 1060. The van der Waals surface area contributed by atoms with Crippen LogP contribution < -0.4 is 5.32 Å². The van der Waals surface area contributed by atoms with Gasteiger partial charge >= 0.3 is 0 Å². The molecule has 130 valence electrons. The van der Waals surface area contributed by atoms with Crippen molar-refractivity contribution in [3.63, 3.8) is 0 Å². The second-order valence-corrected chi connectivity index (χ2v) is 6.56. The Balaban J connectivity index is 1.41. The number of carbonyl (C=O) groups excluding carboxylic acids is 1. The van der Waals surface area contributed by atoms with Crippen molar-refractivity contribution in [2.45, 2.75) is 5.16 Å². The fourth-order valence-electron chi connectivity index (χ4n) is 2.53. The molecule has 0 radical (unpaired) electrons. The van der Waals surface area contributed by atoms with E-state index >= 15 is 0 Å². The molecule has 0 saturated heterocycles. The van der Waals surface area contributed by atoms with Crippen molar-refractivity contribution in [2.24, 2.45) is 7.05 Å². The molecule has 3 heterocycles. The van der Waals surface area contributed by atoms with Crippen molar-refractivity contribution >= 4 is 34.3 Å². The summed E-state index contributed by atoms with van der Waals surface area (Å²) in [4.78, 5) is 16.3. The molecule has 0 spiro atoms. The number of nitrogens with one attached hydrogen (secondary N) is 2. The maximum atomic E-state index is 12.2. The zero-order chi connectivity index (χ0) is 17.9. The largest absolute Gasteiger partial charge is 0.325 e. The van der Waals surface area contributed by atoms with Gasteiger partial charge in [-0.15, -0.1) is 10.2 Å². The van der Waals surface area contributed by atoms with Gasteiger partial charge in [-0.05, 0) is 30.3 Å². The lowest BCUT2D eigenvalue weighted by Gasteiger charge is -2.06. The second-order valence-electron chi connectivity index (χ2n) is 5.62. The van der Waals surface area contributed by atoms with Crippen LogP contribution in [0.15, 0.2) is 54.1 Å². The van der Waals surface area contributed by atoms with Crippen molar-refractivity contribution in [1.82, 2.24) is 29.9 Å². The number of benzene rings is 1. The molecule has 4 aromatic rings. The van der Waals surface area contributed by atoms with Crippen molar-refractivity contribution in [3.05, 3.63) is 48.9 Å². The van der Waals surface area contributed by atoms with E-state index < -0.39 is 0 Å². The van der Waals surface area contributed by atoms with Gasteiger partial charge in [-0.2, -0.15) is 5.10 Å². The fraction of sp³-hybridized carbons (Fsp3) is 0.118. The van der Waals surface area contributed by atoms with Crippen LogP contribution >= 0.6 is 11.8 Å². The summed E-state index contributed by atoms with van der Waals surface area (Å²) in [6.45, 7) is 0. The molecule has 4 rings (SSSR count). The van der Waals surface area contributed by atoms with E-state index in [4.69, 9.17) is 0 Å². The van der Waals surface area contributed by atoms with Gasteiger partial charge in [0.2, 0.25) is 5.91 Å². The molecule has 8 nitrogen and oxygen atoms in total. The minimum absolute atomic E-state index is 0.111. The van der Waals surface area contributed by atoms with Gasteiger partial charge in [-0.25, -0.2) is 0 Å². The molecule has 0 fully saturated rings. The van der Waals surface area contributed by atoms with Crippen LogP contribution in [0.5, 0.6) is 0 Å². The van der Waals surface area contributed by atoms with Crippen LogP contribution in [0, 0.1) is 0 Å². The average molecular weight is 365 g/mol. The topological polar surface area (TPSA) is 101 Å². The molecule has 0 aliphatic heterocycles. The molecule has 1 amide bonds. The number of hydrogen-bond acceptors (Lipinski definition) is 6. The third-order valence-corrected chi connectivity index (χ3v) is 4.83. The Labute approximate surface area is 153 Å². The lowest BCUT2D eigenvalue weighted by Crippen LogP contribution is -2.14. The predicted octanol–water partition coefficient (Wildman–Crippen LogP) is 2.48. The molecule has 0 atom stereocenters. The third kappa shape index (κ3) is 3.29. The number of aromatic nitrogens is 6. The van der Waals surface area contributed by atoms with Gasteiger partial charge in [-0.3, -0.25) is 14.9 Å². The van der Waals surface area contributed by atoms with Crippen molar-refractivity contribution in [2.75, 3.05) is 11.1 Å². The van der Waals surface area contributed by atoms with E-state index in [0.29, 0.717) is 11.0 Å². The first-order chi connectivity index (χ1) is 12.7. The summed E-state index contributed by atoms with van der Waals surface area (Å²) in [6, 6.07) is 9.38. The lowest BCUT2D eigenvalue weighted by molar-refractivity contribution is -0.113. The van der Waals surface area contributed by atoms with E-state index in [-0.39, 0.29) is 11.7 Å². The van der Waals surface area contributed by atoms with Crippen molar-refractivity contribution in [3.8, 4) is 11.4 Å². The zero-order valence-electron chi connectivity index (χ0n) is 13.9. The van der Waals surface area contributed by atoms with Gasteiger partial charge in [0.1, 0.15) is 0 Å². The number of aromatic amines is 1. The minimum Gasteiger partial charge on any atom is -0.325 e. The second kappa shape index (κ2) is 6.96. The SMILES string of the molecule is Cn1c(SCC(=O)Nc2ccc3cn[nH]c3c2)nnc1-c1cccnc1. The number of H-pyrrole nitrogens is 1. The summed E-state index contributed by atoms with van der Waals surface area (Å²) in [5, 5.41) is 19.7. The molecule has 26 heavy (non-hydrogen) atoms. The maximum absolute atomic E-state index is 12.2. The Morgan fingerprint density at radius 1 is 1.27 bits per heavy atom. The maximum Gasteiger partial charge on any atom is 0.234 e. The Morgan fingerprint density at radius 2 is 2.19 bits per heavy atom. The summed E-state index contributed by atoms with van der Waals surface area (Å²) < 4.78 is 1.85. The summed E-state index contributed by atoms with van der Waals surface area (Å²) in [5.41, 5.74) is 2.48. The summed E-state index contributed by atoms with van der Waals surface area (Å²) >= 11 is 1.33. The summed E-state index contributed by atoms with van der Waals surface area (Å²) in [5.74, 6) is 0.838. The smallest absolute Gasteiger partial charge is 0.234 e. The van der Waals surface area contributed by atoms with E-state index in [0.717, 1.165) is 22.2 Å². The Hall–Kier alpha value is -3.20. The molecule has 0 bridgehead atoms. The fourth-order valence-corrected chi connectivity index (χ4v) is 3.24. The average Bonchev–Trinajstić information content (AvgIpc) is 3.27. The van der Waals surface area contributed by atoms with Crippen LogP contribution in [0.1, 0.15) is 0 Å². The zero-order valence-corrected chi connectivity index (χ0v) is 14.7. The van der Waals surface area contributed by atoms with E-state index in [1.807, 2.05) is 41.9 Å². The van der Waals surface area contributed by atoms with Crippen molar-refractivity contribution < 1.29 is 4.79 Å². The van der Waals surface area contributed by atoms with Gasteiger partial charge < -0.3 is 9.88 Å². The molecule has 0 aliphatic rings. The Kier molecular flexibility index (Phi) is 4.36. The van der Waals surface area contributed by atoms with Crippen molar-refractivity contribution in [1.29, 1.82) is 0 Å². The molecule has 0 unspecified atom stereocenters. The molecular formula is C17H15N7OS. The molecular weight excluding hydrogens is 350 g/mol. The highest BCUT2D eigenvalue weighted by Gasteiger charge is 2.13. The van der Waals surface area contributed by atoms with Gasteiger partial charge in [0.15, 0.2) is 11.0 Å². The molecule has 2 N–H and O–H groups in total. The first kappa shape index (κ1) is 16.3. The number of fused-ring (bicyclic) bond motifs is 1. The van der Waals surface area contributed by atoms with Gasteiger partial charge in [0.25, 0.3) is 0 Å². The van der Waals surface area contributed by atoms with Gasteiger partial charge in [0.05, 0.1) is 17.5 Å². The van der Waals surface area contributed by atoms with E-state index in [2.05, 4.69) is 30.7 Å². The summed E-state index contributed by atoms with van der Waals surface area (Å²) in [7, 11) is 1.87. The molecule has 0 aliphatic carbocycles. The predicted molar refractivity (Wildman–Crippen MR) is 99.7 cm³/mol. The third-order valence-electron chi connectivity index (χ3n) is 3.81. The van der Waals surface area contributed by atoms with E-state index in [9.17, 15) is 4.79 Å². The van der Waals surface area contributed by atoms with E-state index in [1.165, 1.54) is 11.8 Å². The number of anilines is 1. The van der Waals surface area contributed by atoms with Crippen LogP contribution in [-0.2, 0) is 11.8 Å². The van der Waals surface area contributed by atoms with Gasteiger partial charge in [-0.1, -0.05) is 11.8 Å². The highest BCUT2D eigenvalue weighted by molar-refractivity contribution is 7.99. The molecule has 9 heteroatoms. The number of thioether (sulfide) groups is 1. The number of pyridine rings is 1. The van der Waals surface area contributed by atoms with Crippen LogP contribution in [0.25, 0.3) is 22.3 Å². The number of hydrogen-bond donors (Lipinski definition) is 2. The molecule has 3 aromatic heterocycles. The van der Waals surface area contributed by atoms with E-state index in [1.54, 1.807) is 18.6 Å². The van der Waals surface area contributed by atoms with Crippen LogP contribution in [0.4, 0.5) is 5.69 Å². The van der Waals surface area contributed by atoms with Gasteiger partial charge in [0, 0.05) is 36.1 Å². The number of amides is 1. The molecule has 1 aromatic carbocycles. The van der Waals surface area contributed by atoms with Crippen LogP contribution in [0.2, 0.25) is 0 Å². The molecule has 0 saturated carbocycles. The highest BCUT2D eigenvalue weighted by atomic mass is 32.2. The number of nitrogens with zero attached hydrogens (tertiary/aromatic N) is 5. The van der Waals surface area contributed by atoms with Crippen LogP contribution in [0.3, 0.4) is 0 Å². The van der Waals surface area contributed by atoms with Crippen LogP contribution in [-0.4, -0.2) is 41.6 Å².